The van der Waals surface area contributed by atoms with E-state index in [0.29, 0.717) is 17.5 Å². The third kappa shape index (κ3) is 3.88. The highest BCUT2D eigenvalue weighted by Gasteiger charge is 2.17. The third-order valence-electron chi connectivity index (χ3n) is 3.64. The molecule has 0 fully saturated rings. The van der Waals surface area contributed by atoms with E-state index in [1.54, 1.807) is 29.8 Å². The molecule has 25 heavy (non-hydrogen) atoms. The first kappa shape index (κ1) is 17.6. The van der Waals surface area contributed by atoms with Crippen LogP contribution in [0.1, 0.15) is 20.1 Å². The molecule has 3 heterocycles. The minimum absolute atomic E-state index is 0.116. The molecule has 0 saturated heterocycles. The van der Waals surface area contributed by atoms with Gasteiger partial charge >= 0.3 is 0 Å². The summed E-state index contributed by atoms with van der Waals surface area (Å²) in [6, 6.07) is 5.74. The Bertz CT molecular complexity index is 899. The smallest absolute Gasteiger partial charge is 0.192 e. The lowest BCUT2D eigenvalue weighted by molar-refractivity contribution is 0.102. The average molecular weight is 371 g/mol. The number of pyridine rings is 1. The zero-order chi connectivity index (χ0) is 17.8. The predicted octanol–water partition coefficient (Wildman–Crippen LogP) is 4.18. The van der Waals surface area contributed by atoms with Crippen molar-refractivity contribution >= 4 is 28.9 Å². The topological polar surface area (TPSA) is 60.7 Å². The van der Waals surface area contributed by atoms with Gasteiger partial charge in [0.05, 0.1) is 5.75 Å². The fourth-order valence-electron chi connectivity index (χ4n) is 2.52. The Morgan fingerprint density at radius 1 is 1.32 bits per heavy atom. The second-order valence-electron chi connectivity index (χ2n) is 5.48. The summed E-state index contributed by atoms with van der Waals surface area (Å²) in [7, 11) is 0. The van der Waals surface area contributed by atoms with E-state index in [2.05, 4.69) is 21.8 Å². The van der Waals surface area contributed by atoms with Gasteiger partial charge in [0.2, 0.25) is 0 Å². The summed E-state index contributed by atoms with van der Waals surface area (Å²) >= 11 is 3.05. The molecule has 3 rings (SSSR count). The van der Waals surface area contributed by atoms with Gasteiger partial charge in [-0.2, -0.15) is 0 Å². The van der Waals surface area contributed by atoms with Gasteiger partial charge < -0.3 is 0 Å². The molecule has 0 aliphatic rings. The number of thiophene rings is 1. The van der Waals surface area contributed by atoms with E-state index in [9.17, 15) is 4.79 Å². The lowest BCUT2D eigenvalue weighted by atomic mass is 10.2. The Morgan fingerprint density at radius 2 is 2.08 bits per heavy atom. The Kier molecular flexibility index (Phi) is 5.45. The summed E-state index contributed by atoms with van der Waals surface area (Å²) in [6.07, 6.45) is 5.24. The first-order valence-electron chi connectivity index (χ1n) is 7.77. The van der Waals surface area contributed by atoms with Crippen LogP contribution in [0.4, 0.5) is 0 Å². The molecule has 0 bridgehead atoms. The van der Waals surface area contributed by atoms with Crippen LogP contribution in [0.3, 0.4) is 0 Å². The highest BCUT2D eigenvalue weighted by atomic mass is 32.2. The second-order valence-corrected chi connectivity index (χ2v) is 7.88. The Labute approximate surface area is 154 Å². The molecule has 7 heteroatoms. The summed E-state index contributed by atoms with van der Waals surface area (Å²) in [4.78, 5) is 18.7. The first-order chi connectivity index (χ1) is 12.1. The maximum absolute atomic E-state index is 12.5. The molecule has 0 aliphatic heterocycles. The minimum Gasteiger partial charge on any atom is -0.298 e. The van der Waals surface area contributed by atoms with Crippen LogP contribution in [0, 0.1) is 13.8 Å². The number of hydrogen-bond donors (Lipinski definition) is 0. The molecule has 0 N–H and O–H groups in total. The summed E-state index contributed by atoms with van der Waals surface area (Å²) in [5.74, 6) is 1.20. The van der Waals surface area contributed by atoms with Crippen molar-refractivity contribution in [2.24, 2.45) is 0 Å². The van der Waals surface area contributed by atoms with E-state index in [1.807, 2.05) is 36.6 Å². The number of aromatic nitrogens is 4. The fraction of sp³-hybridized carbons (Fsp3) is 0.222. The number of nitrogens with zero attached hydrogens (tertiary/aromatic N) is 4. The number of carbonyl (C=O) groups is 1. The van der Waals surface area contributed by atoms with Gasteiger partial charge in [0, 0.05) is 39.8 Å². The van der Waals surface area contributed by atoms with Gasteiger partial charge in [0.15, 0.2) is 16.8 Å². The summed E-state index contributed by atoms with van der Waals surface area (Å²) < 4.78 is 1.96. The van der Waals surface area contributed by atoms with Crippen LogP contribution in [-0.4, -0.2) is 31.3 Å². The number of rotatable bonds is 7. The van der Waals surface area contributed by atoms with E-state index in [-0.39, 0.29) is 5.78 Å². The van der Waals surface area contributed by atoms with Crippen molar-refractivity contribution in [3.63, 3.8) is 0 Å². The molecular weight excluding hydrogens is 352 g/mol. The normalized spacial score (nSPS) is 10.8. The monoisotopic (exact) mass is 370 g/mol. The van der Waals surface area contributed by atoms with Crippen LogP contribution < -0.4 is 0 Å². The van der Waals surface area contributed by atoms with Crippen molar-refractivity contribution in [2.45, 2.75) is 25.5 Å². The number of hydrogen-bond acceptors (Lipinski definition) is 6. The van der Waals surface area contributed by atoms with Gasteiger partial charge in [0.1, 0.15) is 0 Å². The van der Waals surface area contributed by atoms with Crippen LogP contribution in [0.15, 0.2) is 48.4 Å². The minimum atomic E-state index is 0.116. The molecule has 3 aromatic heterocycles. The van der Waals surface area contributed by atoms with Gasteiger partial charge in [-0.15, -0.1) is 28.1 Å². The molecule has 5 nitrogen and oxygen atoms in total. The van der Waals surface area contributed by atoms with Gasteiger partial charge in [-0.25, -0.2) is 0 Å². The maximum Gasteiger partial charge on any atom is 0.192 e. The van der Waals surface area contributed by atoms with Crippen LogP contribution in [0.25, 0.3) is 11.4 Å². The fourth-order valence-corrected chi connectivity index (χ4v) is 4.29. The quantitative estimate of drug-likeness (QED) is 0.355. The van der Waals surface area contributed by atoms with Crippen LogP contribution in [-0.2, 0) is 6.54 Å². The van der Waals surface area contributed by atoms with Gasteiger partial charge in [-0.05, 0) is 32.0 Å². The Morgan fingerprint density at radius 3 is 2.72 bits per heavy atom. The molecule has 0 spiro atoms. The molecule has 0 saturated carbocycles. The average Bonchev–Trinajstić information content (AvgIpc) is 3.16. The maximum atomic E-state index is 12.5. The molecule has 0 aliphatic carbocycles. The Balaban J connectivity index is 1.81. The molecule has 0 unspecified atom stereocenters. The summed E-state index contributed by atoms with van der Waals surface area (Å²) in [5, 5.41) is 9.26. The number of aryl methyl sites for hydroxylation is 2. The molecule has 0 amide bonds. The highest BCUT2D eigenvalue weighted by Crippen LogP contribution is 2.26. The number of carbonyl (C=O) groups excluding carboxylic acids is 1. The SMILES string of the molecule is C=CCn1c(SCC(=O)c2cc(C)sc2C)nnc1-c1ccncc1. The van der Waals surface area contributed by atoms with E-state index >= 15 is 0 Å². The molecule has 0 atom stereocenters. The van der Waals surface area contributed by atoms with E-state index in [1.165, 1.54) is 11.8 Å². The van der Waals surface area contributed by atoms with Crippen molar-refractivity contribution < 1.29 is 4.79 Å². The molecule has 128 valence electrons. The van der Waals surface area contributed by atoms with E-state index in [0.717, 1.165) is 26.7 Å². The van der Waals surface area contributed by atoms with Gasteiger partial charge in [0.25, 0.3) is 0 Å². The molecule has 0 radical (unpaired) electrons. The van der Waals surface area contributed by atoms with Crippen LogP contribution in [0.5, 0.6) is 0 Å². The van der Waals surface area contributed by atoms with Crippen molar-refractivity contribution in [3.8, 4) is 11.4 Å². The number of ketones is 1. The van der Waals surface area contributed by atoms with Gasteiger partial charge in [-0.1, -0.05) is 17.8 Å². The third-order valence-corrected chi connectivity index (χ3v) is 5.57. The number of allylic oxidation sites excluding steroid dienone is 1. The van der Waals surface area contributed by atoms with Crippen molar-refractivity contribution in [1.29, 1.82) is 0 Å². The first-order valence-corrected chi connectivity index (χ1v) is 9.58. The number of thioether (sulfide) groups is 1. The van der Waals surface area contributed by atoms with Gasteiger partial charge in [-0.3, -0.25) is 14.3 Å². The molecular formula is C18H18N4OS2. The van der Waals surface area contributed by atoms with Crippen molar-refractivity contribution in [3.05, 3.63) is 58.6 Å². The van der Waals surface area contributed by atoms with Crippen molar-refractivity contribution in [1.82, 2.24) is 19.7 Å². The summed E-state index contributed by atoms with van der Waals surface area (Å²) in [5.41, 5.74) is 1.74. The zero-order valence-corrected chi connectivity index (χ0v) is 15.7. The largest absolute Gasteiger partial charge is 0.298 e. The van der Waals surface area contributed by atoms with Crippen LogP contribution in [0.2, 0.25) is 0 Å². The van der Waals surface area contributed by atoms with E-state index in [4.69, 9.17) is 0 Å². The molecule has 3 aromatic rings. The predicted molar refractivity (Wildman–Crippen MR) is 102 cm³/mol. The lowest BCUT2D eigenvalue weighted by Gasteiger charge is -2.07. The summed E-state index contributed by atoms with van der Waals surface area (Å²) in [6.45, 7) is 8.39. The standard InChI is InChI=1S/C18H18N4OS2/c1-4-9-22-17(14-5-7-19-8-6-14)20-21-18(22)24-11-16(23)15-10-12(2)25-13(15)3/h4-8,10H,1,9,11H2,2-3H3. The zero-order valence-electron chi connectivity index (χ0n) is 14.1. The Hall–Kier alpha value is -2.25. The lowest BCUT2D eigenvalue weighted by Crippen LogP contribution is -2.05. The van der Waals surface area contributed by atoms with E-state index < -0.39 is 0 Å². The second kappa shape index (κ2) is 7.76. The highest BCUT2D eigenvalue weighted by molar-refractivity contribution is 7.99. The van der Waals surface area contributed by atoms with Crippen LogP contribution >= 0.6 is 23.1 Å². The molecule has 0 aromatic carbocycles. The van der Waals surface area contributed by atoms with Crippen molar-refractivity contribution in [2.75, 3.05) is 5.75 Å². The number of Topliss-reactive ketones (excluding diaryl/α,β-unsaturated/α-hetero) is 1.